The van der Waals surface area contributed by atoms with E-state index in [-0.39, 0.29) is 12.3 Å². The van der Waals surface area contributed by atoms with Crippen LogP contribution in [0.3, 0.4) is 0 Å². The van der Waals surface area contributed by atoms with Crippen LogP contribution < -0.4 is 16.0 Å². The quantitative estimate of drug-likeness (QED) is 0.515. The fourth-order valence-corrected chi connectivity index (χ4v) is 1.60. The molecule has 0 heterocycles. The van der Waals surface area contributed by atoms with Gasteiger partial charge >= 0.3 is 12.0 Å². The molecule has 2 atom stereocenters. The van der Waals surface area contributed by atoms with E-state index in [2.05, 4.69) is 16.0 Å². The summed E-state index contributed by atoms with van der Waals surface area (Å²) in [5, 5.41) is 16.4. The number of nitrogens with one attached hydrogen (secondary N) is 3. The van der Waals surface area contributed by atoms with Gasteiger partial charge in [-0.3, -0.25) is 9.59 Å². The van der Waals surface area contributed by atoms with E-state index >= 15 is 0 Å². The normalized spacial score (nSPS) is 13.2. The molecule has 0 spiro atoms. The molecule has 0 aliphatic carbocycles. The van der Waals surface area contributed by atoms with E-state index in [1.807, 2.05) is 6.92 Å². The van der Waals surface area contributed by atoms with Crippen LogP contribution in [0.4, 0.5) is 4.79 Å². The van der Waals surface area contributed by atoms with Crippen LogP contribution in [0.25, 0.3) is 0 Å². The molecule has 0 radical (unpaired) electrons. The summed E-state index contributed by atoms with van der Waals surface area (Å²) in [6, 6.07) is -1.62. The van der Waals surface area contributed by atoms with E-state index in [1.165, 1.54) is 0 Å². The van der Waals surface area contributed by atoms with Crippen molar-refractivity contribution in [2.75, 3.05) is 6.54 Å². The Bertz CT molecular complexity index is 320. The Labute approximate surface area is 113 Å². The van der Waals surface area contributed by atoms with Gasteiger partial charge < -0.3 is 21.1 Å². The lowest BCUT2D eigenvalue weighted by molar-refractivity contribution is -0.137. The predicted octanol–water partition coefficient (Wildman–Crippen LogP) is 0.454. The molecular formula is C12H23N3O4. The number of carboxylic acid groups (broad SMARTS) is 1. The van der Waals surface area contributed by atoms with E-state index in [9.17, 15) is 14.4 Å². The third kappa shape index (κ3) is 8.01. The largest absolute Gasteiger partial charge is 0.481 e. The first-order valence-corrected chi connectivity index (χ1v) is 6.47. The Kier molecular flexibility index (Phi) is 8.32. The molecule has 0 saturated heterocycles. The van der Waals surface area contributed by atoms with Crippen LogP contribution in [-0.2, 0) is 9.59 Å². The van der Waals surface area contributed by atoms with Gasteiger partial charge in [-0.15, -0.1) is 0 Å². The van der Waals surface area contributed by atoms with Gasteiger partial charge in [-0.25, -0.2) is 4.79 Å². The molecule has 0 aromatic carbocycles. The molecule has 0 aromatic heterocycles. The number of carbonyl (C=O) groups excluding carboxylic acids is 2. The van der Waals surface area contributed by atoms with Gasteiger partial charge in [0.05, 0.1) is 6.42 Å². The van der Waals surface area contributed by atoms with Crippen LogP contribution in [-0.4, -0.2) is 41.6 Å². The van der Waals surface area contributed by atoms with Crippen molar-refractivity contribution in [2.24, 2.45) is 0 Å². The molecule has 7 nitrogen and oxygen atoms in total. The highest BCUT2D eigenvalue weighted by Crippen LogP contribution is 2.01. The maximum atomic E-state index is 11.6. The summed E-state index contributed by atoms with van der Waals surface area (Å²) in [5.74, 6) is -1.24. The topological polar surface area (TPSA) is 108 Å². The number of carboxylic acids is 1. The minimum absolute atomic E-state index is 0.128. The monoisotopic (exact) mass is 273 g/mol. The van der Waals surface area contributed by atoms with E-state index in [4.69, 9.17) is 5.11 Å². The van der Waals surface area contributed by atoms with Gasteiger partial charge in [0.2, 0.25) is 5.91 Å². The van der Waals surface area contributed by atoms with Crippen molar-refractivity contribution < 1.29 is 19.5 Å². The second-order valence-corrected chi connectivity index (χ2v) is 4.32. The lowest BCUT2D eigenvalue weighted by Crippen LogP contribution is -2.50. The van der Waals surface area contributed by atoms with Gasteiger partial charge in [-0.2, -0.15) is 0 Å². The Morgan fingerprint density at radius 3 is 2.26 bits per heavy atom. The molecule has 0 aromatic rings. The third-order valence-electron chi connectivity index (χ3n) is 2.49. The first kappa shape index (κ1) is 17.2. The second-order valence-electron chi connectivity index (χ2n) is 4.32. The summed E-state index contributed by atoms with van der Waals surface area (Å²) in [5.41, 5.74) is 0. The zero-order valence-corrected chi connectivity index (χ0v) is 11.7. The first-order chi connectivity index (χ1) is 8.90. The number of likely N-dealkylation sites (N-methyl/N-ethyl adjacent to an activating group) is 1. The highest BCUT2D eigenvalue weighted by molar-refractivity contribution is 5.86. The van der Waals surface area contributed by atoms with Crippen LogP contribution in [0.2, 0.25) is 0 Å². The zero-order valence-electron chi connectivity index (χ0n) is 11.7. The lowest BCUT2D eigenvalue weighted by Gasteiger charge is -2.19. The molecule has 0 rings (SSSR count). The zero-order chi connectivity index (χ0) is 14.8. The van der Waals surface area contributed by atoms with E-state index in [1.54, 1.807) is 13.8 Å². The number of hydrogen-bond acceptors (Lipinski definition) is 3. The molecular weight excluding hydrogens is 250 g/mol. The van der Waals surface area contributed by atoms with Crippen LogP contribution in [0.1, 0.15) is 40.0 Å². The smallest absolute Gasteiger partial charge is 0.315 e. The summed E-state index contributed by atoms with van der Waals surface area (Å²) >= 11 is 0. The summed E-state index contributed by atoms with van der Waals surface area (Å²) in [4.78, 5) is 33.7. The molecule has 0 saturated carbocycles. The molecule has 0 bridgehead atoms. The standard InChI is InChI=1S/C12H23N3O4/c1-4-6-9(7-10(16)17)15-12(19)14-8(3)11(18)13-5-2/h8-9H,4-7H2,1-3H3,(H,13,18)(H,16,17)(H2,14,15,19). The fourth-order valence-electron chi connectivity index (χ4n) is 1.60. The first-order valence-electron chi connectivity index (χ1n) is 6.47. The van der Waals surface area contributed by atoms with Gasteiger partial charge in [0, 0.05) is 12.6 Å². The maximum Gasteiger partial charge on any atom is 0.315 e. The lowest BCUT2D eigenvalue weighted by atomic mass is 10.1. The molecule has 3 amide bonds. The van der Waals surface area contributed by atoms with Crippen LogP contribution >= 0.6 is 0 Å². The van der Waals surface area contributed by atoms with Crippen molar-refractivity contribution in [3.05, 3.63) is 0 Å². The minimum atomic E-state index is -0.962. The molecule has 2 unspecified atom stereocenters. The second kappa shape index (κ2) is 9.18. The predicted molar refractivity (Wildman–Crippen MR) is 70.8 cm³/mol. The molecule has 0 aliphatic heterocycles. The summed E-state index contributed by atoms with van der Waals surface area (Å²) in [6.45, 7) is 5.75. The van der Waals surface area contributed by atoms with Gasteiger partial charge in [0.25, 0.3) is 0 Å². The van der Waals surface area contributed by atoms with Crippen molar-refractivity contribution >= 4 is 17.9 Å². The number of rotatable bonds is 8. The molecule has 19 heavy (non-hydrogen) atoms. The Morgan fingerprint density at radius 2 is 1.79 bits per heavy atom. The number of amides is 3. The van der Waals surface area contributed by atoms with E-state index in [0.29, 0.717) is 13.0 Å². The van der Waals surface area contributed by atoms with Crippen molar-refractivity contribution in [2.45, 2.75) is 52.1 Å². The summed E-state index contributed by atoms with van der Waals surface area (Å²) in [7, 11) is 0. The highest BCUT2D eigenvalue weighted by Gasteiger charge is 2.18. The van der Waals surface area contributed by atoms with Gasteiger partial charge in [0.1, 0.15) is 6.04 Å². The van der Waals surface area contributed by atoms with Crippen LogP contribution in [0.5, 0.6) is 0 Å². The average molecular weight is 273 g/mol. The van der Waals surface area contributed by atoms with Gasteiger partial charge in [-0.1, -0.05) is 13.3 Å². The molecule has 0 aliphatic rings. The molecule has 4 N–H and O–H groups in total. The summed E-state index contributed by atoms with van der Waals surface area (Å²) < 4.78 is 0. The molecule has 7 heteroatoms. The Morgan fingerprint density at radius 1 is 1.16 bits per heavy atom. The van der Waals surface area contributed by atoms with E-state index < -0.39 is 24.1 Å². The fraction of sp³-hybridized carbons (Fsp3) is 0.750. The van der Waals surface area contributed by atoms with Crippen molar-refractivity contribution in [3.63, 3.8) is 0 Å². The number of aliphatic carboxylic acids is 1. The van der Waals surface area contributed by atoms with Crippen molar-refractivity contribution in [1.29, 1.82) is 0 Å². The van der Waals surface area contributed by atoms with Gasteiger partial charge in [-0.05, 0) is 20.3 Å². The van der Waals surface area contributed by atoms with Crippen molar-refractivity contribution in [3.8, 4) is 0 Å². The number of hydrogen-bond donors (Lipinski definition) is 4. The molecule has 0 fully saturated rings. The Balaban J connectivity index is 4.24. The number of urea groups is 1. The molecule has 110 valence electrons. The van der Waals surface area contributed by atoms with Crippen molar-refractivity contribution in [1.82, 2.24) is 16.0 Å². The average Bonchev–Trinajstić information content (AvgIpc) is 2.28. The van der Waals surface area contributed by atoms with Crippen LogP contribution in [0.15, 0.2) is 0 Å². The van der Waals surface area contributed by atoms with Crippen LogP contribution in [0, 0.1) is 0 Å². The SMILES string of the molecule is CCCC(CC(=O)O)NC(=O)NC(C)C(=O)NCC. The maximum absolute atomic E-state index is 11.6. The minimum Gasteiger partial charge on any atom is -0.481 e. The number of carbonyl (C=O) groups is 3. The Hall–Kier alpha value is -1.79. The summed E-state index contributed by atoms with van der Waals surface area (Å²) in [6.07, 6.45) is 1.22. The van der Waals surface area contributed by atoms with Gasteiger partial charge in [0.15, 0.2) is 0 Å². The third-order valence-corrected chi connectivity index (χ3v) is 2.49. The highest BCUT2D eigenvalue weighted by atomic mass is 16.4. The van der Waals surface area contributed by atoms with E-state index in [0.717, 1.165) is 6.42 Å².